The Labute approximate surface area is 85.3 Å². The number of rotatable bonds is 6. The Hall–Kier alpha value is -0.160. The molecule has 0 aromatic rings. The Balaban J connectivity index is 2.36. The summed E-state index contributed by atoms with van der Waals surface area (Å²) in [6.45, 7) is 3.73. The Morgan fingerprint density at radius 1 is 1.43 bits per heavy atom. The summed E-state index contributed by atoms with van der Waals surface area (Å²) in [5, 5.41) is 21.2. The van der Waals surface area contributed by atoms with Gasteiger partial charge in [-0.05, 0) is 18.8 Å². The highest BCUT2D eigenvalue weighted by molar-refractivity contribution is 4.81. The minimum Gasteiger partial charge on any atom is -0.395 e. The fraction of sp³-hybridized carbons (Fsp3) is 1.00. The standard InChI is InChI=1S/C10H21NO3/c1-2-10(8-3-4-14-7-8)11-9(5-12)6-13/h8-13H,2-7H2,1H3. The lowest BCUT2D eigenvalue weighted by Crippen LogP contribution is -2.46. The summed E-state index contributed by atoms with van der Waals surface area (Å²) in [7, 11) is 0. The molecule has 0 aromatic carbocycles. The minimum atomic E-state index is -0.194. The lowest BCUT2D eigenvalue weighted by molar-refractivity contribution is 0.139. The van der Waals surface area contributed by atoms with Crippen molar-refractivity contribution in [3.05, 3.63) is 0 Å². The van der Waals surface area contributed by atoms with E-state index in [-0.39, 0.29) is 19.3 Å². The molecule has 1 aliphatic heterocycles. The molecule has 4 heteroatoms. The van der Waals surface area contributed by atoms with Crippen molar-refractivity contribution in [2.24, 2.45) is 5.92 Å². The molecule has 0 amide bonds. The molecule has 0 saturated carbocycles. The summed E-state index contributed by atoms with van der Waals surface area (Å²) in [5.41, 5.74) is 0. The second-order valence-electron chi connectivity index (χ2n) is 3.87. The Bertz CT molecular complexity index is 144. The van der Waals surface area contributed by atoms with Crippen molar-refractivity contribution < 1.29 is 14.9 Å². The third kappa shape index (κ3) is 3.20. The number of nitrogens with one attached hydrogen (secondary N) is 1. The summed E-state index contributed by atoms with van der Waals surface area (Å²) in [6.07, 6.45) is 2.08. The van der Waals surface area contributed by atoms with Crippen LogP contribution >= 0.6 is 0 Å². The van der Waals surface area contributed by atoms with Gasteiger partial charge in [0.15, 0.2) is 0 Å². The molecule has 2 unspecified atom stereocenters. The molecule has 14 heavy (non-hydrogen) atoms. The Morgan fingerprint density at radius 2 is 2.14 bits per heavy atom. The van der Waals surface area contributed by atoms with E-state index >= 15 is 0 Å². The van der Waals surface area contributed by atoms with Crippen LogP contribution in [0.5, 0.6) is 0 Å². The molecule has 0 aliphatic carbocycles. The predicted octanol–water partition coefficient (Wildman–Crippen LogP) is -0.256. The first kappa shape index (κ1) is 11.9. The van der Waals surface area contributed by atoms with Crippen molar-refractivity contribution in [3.8, 4) is 0 Å². The largest absolute Gasteiger partial charge is 0.395 e. The average molecular weight is 203 g/mol. The number of aliphatic hydroxyl groups is 2. The van der Waals surface area contributed by atoms with E-state index in [0.29, 0.717) is 12.0 Å². The first-order chi connectivity index (χ1) is 6.81. The van der Waals surface area contributed by atoms with E-state index in [1.54, 1.807) is 0 Å². The van der Waals surface area contributed by atoms with Crippen LogP contribution in [0.3, 0.4) is 0 Å². The molecule has 1 rings (SSSR count). The number of aliphatic hydroxyl groups excluding tert-OH is 2. The SMILES string of the molecule is CCC(NC(CO)CO)C1CCOC1. The first-order valence-corrected chi connectivity index (χ1v) is 5.37. The number of ether oxygens (including phenoxy) is 1. The molecule has 0 bridgehead atoms. The van der Waals surface area contributed by atoms with Crippen molar-refractivity contribution >= 4 is 0 Å². The van der Waals surface area contributed by atoms with Crippen LogP contribution in [0, 0.1) is 5.92 Å². The Kier molecular flexibility index (Phi) is 5.40. The van der Waals surface area contributed by atoms with Crippen LogP contribution in [0.25, 0.3) is 0 Å². The molecule has 1 saturated heterocycles. The van der Waals surface area contributed by atoms with Crippen LogP contribution in [-0.2, 0) is 4.74 Å². The van der Waals surface area contributed by atoms with E-state index in [1.165, 1.54) is 0 Å². The van der Waals surface area contributed by atoms with E-state index in [0.717, 1.165) is 26.1 Å². The van der Waals surface area contributed by atoms with E-state index in [9.17, 15) is 0 Å². The maximum absolute atomic E-state index is 8.96. The number of hydrogen-bond donors (Lipinski definition) is 3. The molecule has 0 radical (unpaired) electrons. The van der Waals surface area contributed by atoms with Crippen LogP contribution in [-0.4, -0.2) is 48.7 Å². The fourth-order valence-corrected chi connectivity index (χ4v) is 1.92. The van der Waals surface area contributed by atoms with Gasteiger partial charge in [-0.15, -0.1) is 0 Å². The van der Waals surface area contributed by atoms with E-state index in [4.69, 9.17) is 14.9 Å². The van der Waals surface area contributed by atoms with Crippen LogP contribution < -0.4 is 5.32 Å². The van der Waals surface area contributed by atoms with Crippen LogP contribution in [0.1, 0.15) is 19.8 Å². The lowest BCUT2D eigenvalue weighted by atomic mass is 9.96. The van der Waals surface area contributed by atoms with E-state index in [1.807, 2.05) is 0 Å². The maximum Gasteiger partial charge on any atom is 0.0607 e. The Morgan fingerprint density at radius 3 is 2.57 bits per heavy atom. The van der Waals surface area contributed by atoms with Crippen LogP contribution in [0.4, 0.5) is 0 Å². The van der Waals surface area contributed by atoms with Gasteiger partial charge in [0.1, 0.15) is 0 Å². The maximum atomic E-state index is 8.96. The van der Waals surface area contributed by atoms with Gasteiger partial charge in [-0.3, -0.25) is 0 Å². The molecule has 84 valence electrons. The van der Waals surface area contributed by atoms with Crippen molar-refractivity contribution in [1.29, 1.82) is 0 Å². The van der Waals surface area contributed by atoms with Gasteiger partial charge in [0.2, 0.25) is 0 Å². The first-order valence-electron chi connectivity index (χ1n) is 5.37. The summed E-state index contributed by atoms with van der Waals surface area (Å²) >= 11 is 0. The molecular weight excluding hydrogens is 182 g/mol. The summed E-state index contributed by atoms with van der Waals surface area (Å²) in [4.78, 5) is 0. The highest BCUT2D eigenvalue weighted by atomic mass is 16.5. The van der Waals surface area contributed by atoms with Crippen LogP contribution in [0.2, 0.25) is 0 Å². The third-order valence-corrected chi connectivity index (χ3v) is 2.86. The van der Waals surface area contributed by atoms with Crippen molar-refractivity contribution in [2.75, 3.05) is 26.4 Å². The van der Waals surface area contributed by atoms with E-state index < -0.39 is 0 Å². The van der Waals surface area contributed by atoms with Gasteiger partial charge in [0, 0.05) is 12.6 Å². The average Bonchev–Trinajstić information content (AvgIpc) is 2.73. The third-order valence-electron chi connectivity index (χ3n) is 2.86. The zero-order valence-electron chi connectivity index (χ0n) is 8.78. The summed E-state index contributed by atoms with van der Waals surface area (Å²) in [6, 6.07) is 0.155. The number of hydrogen-bond acceptors (Lipinski definition) is 4. The van der Waals surface area contributed by atoms with Gasteiger partial charge < -0.3 is 20.3 Å². The highest BCUT2D eigenvalue weighted by Gasteiger charge is 2.25. The molecule has 2 atom stereocenters. The topological polar surface area (TPSA) is 61.7 Å². The smallest absolute Gasteiger partial charge is 0.0607 e. The van der Waals surface area contributed by atoms with Crippen molar-refractivity contribution in [2.45, 2.75) is 31.8 Å². The summed E-state index contributed by atoms with van der Waals surface area (Å²) < 4.78 is 5.32. The van der Waals surface area contributed by atoms with Gasteiger partial charge in [0.05, 0.1) is 25.9 Å². The van der Waals surface area contributed by atoms with Crippen molar-refractivity contribution in [1.82, 2.24) is 5.32 Å². The highest BCUT2D eigenvalue weighted by Crippen LogP contribution is 2.19. The quantitative estimate of drug-likeness (QED) is 0.557. The molecular formula is C10H21NO3. The molecule has 0 aromatic heterocycles. The molecule has 1 aliphatic rings. The van der Waals surface area contributed by atoms with Gasteiger partial charge in [-0.2, -0.15) is 0 Å². The second-order valence-corrected chi connectivity index (χ2v) is 3.87. The molecule has 1 fully saturated rings. The fourth-order valence-electron chi connectivity index (χ4n) is 1.92. The molecule has 1 heterocycles. The van der Waals surface area contributed by atoms with Gasteiger partial charge in [0.25, 0.3) is 0 Å². The summed E-state index contributed by atoms with van der Waals surface area (Å²) in [5.74, 6) is 0.528. The van der Waals surface area contributed by atoms with Gasteiger partial charge in [-0.25, -0.2) is 0 Å². The molecule has 4 nitrogen and oxygen atoms in total. The van der Waals surface area contributed by atoms with Gasteiger partial charge in [-0.1, -0.05) is 6.92 Å². The van der Waals surface area contributed by atoms with Crippen LogP contribution in [0.15, 0.2) is 0 Å². The predicted molar refractivity (Wildman–Crippen MR) is 54.1 cm³/mol. The lowest BCUT2D eigenvalue weighted by Gasteiger charge is -2.26. The van der Waals surface area contributed by atoms with E-state index in [2.05, 4.69) is 12.2 Å². The van der Waals surface area contributed by atoms with Gasteiger partial charge >= 0.3 is 0 Å². The minimum absolute atomic E-state index is 0.0133. The zero-order valence-corrected chi connectivity index (χ0v) is 8.78. The molecule has 0 spiro atoms. The monoisotopic (exact) mass is 203 g/mol. The molecule has 3 N–H and O–H groups in total. The second kappa shape index (κ2) is 6.35. The van der Waals surface area contributed by atoms with Crippen molar-refractivity contribution in [3.63, 3.8) is 0 Å². The normalized spacial score (nSPS) is 24.4. The zero-order chi connectivity index (χ0) is 10.4.